The number of hydrogen-bond acceptors (Lipinski definition) is 3. The highest BCUT2D eigenvalue weighted by Gasteiger charge is 2.24. The first-order chi connectivity index (χ1) is 9.15. The van der Waals surface area contributed by atoms with E-state index in [1.54, 1.807) is 7.11 Å². The molecule has 1 aromatic rings. The highest BCUT2D eigenvalue weighted by atomic mass is 16.5. The van der Waals surface area contributed by atoms with Crippen molar-refractivity contribution in [1.29, 1.82) is 0 Å². The van der Waals surface area contributed by atoms with Crippen LogP contribution in [0.15, 0.2) is 18.2 Å². The van der Waals surface area contributed by atoms with E-state index in [1.165, 1.54) is 36.0 Å². The van der Waals surface area contributed by atoms with Crippen LogP contribution >= 0.6 is 0 Å². The van der Waals surface area contributed by atoms with Crippen LogP contribution in [-0.2, 0) is 24.0 Å². The lowest BCUT2D eigenvalue weighted by Crippen LogP contribution is -2.48. The van der Waals surface area contributed by atoms with Crippen LogP contribution < -0.4 is 11.3 Å². The van der Waals surface area contributed by atoms with Crippen LogP contribution in [0.4, 0.5) is 0 Å². The van der Waals surface area contributed by atoms with Crippen LogP contribution in [0.2, 0.25) is 0 Å². The Morgan fingerprint density at radius 1 is 1.26 bits per heavy atom. The summed E-state index contributed by atoms with van der Waals surface area (Å²) < 4.78 is 5.59. The lowest BCUT2D eigenvalue weighted by molar-refractivity contribution is 0.0332. The van der Waals surface area contributed by atoms with Crippen molar-refractivity contribution in [2.75, 3.05) is 7.11 Å². The SMILES string of the molecule is COC(C(C)C)C(Cc1ccc2c(c1)CCC2)NN. The molecule has 2 rings (SSSR count). The fourth-order valence-electron chi connectivity index (χ4n) is 3.18. The number of aryl methyl sites for hydroxylation is 2. The summed E-state index contributed by atoms with van der Waals surface area (Å²) in [7, 11) is 1.76. The minimum atomic E-state index is 0.137. The Kier molecular flexibility index (Phi) is 4.97. The van der Waals surface area contributed by atoms with Gasteiger partial charge in [-0.3, -0.25) is 11.3 Å². The van der Waals surface area contributed by atoms with E-state index in [-0.39, 0.29) is 12.1 Å². The normalized spacial score (nSPS) is 17.5. The summed E-state index contributed by atoms with van der Waals surface area (Å²) in [6.07, 6.45) is 4.81. The third-order valence-electron chi connectivity index (χ3n) is 4.16. The number of fused-ring (bicyclic) bond motifs is 1. The molecule has 0 bridgehead atoms. The molecule has 0 fully saturated rings. The van der Waals surface area contributed by atoms with Crippen molar-refractivity contribution in [2.45, 2.75) is 51.7 Å². The molecule has 0 aliphatic heterocycles. The number of rotatable bonds is 6. The fourth-order valence-corrected chi connectivity index (χ4v) is 3.18. The van der Waals surface area contributed by atoms with Gasteiger partial charge in [-0.25, -0.2) is 0 Å². The zero-order valence-corrected chi connectivity index (χ0v) is 12.3. The molecule has 2 atom stereocenters. The summed E-state index contributed by atoms with van der Waals surface area (Å²) in [6.45, 7) is 4.34. The first-order valence-electron chi connectivity index (χ1n) is 7.25. The minimum absolute atomic E-state index is 0.137. The molecule has 0 spiro atoms. The molecule has 3 N–H and O–H groups in total. The van der Waals surface area contributed by atoms with Crippen molar-refractivity contribution >= 4 is 0 Å². The van der Waals surface area contributed by atoms with Crippen LogP contribution in [0.3, 0.4) is 0 Å². The van der Waals surface area contributed by atoms with E-state index in [4.69, 9.17) is 10.6 Å². The van der Waals surface area contributed by atoms with E-state index in [0.29, 0.717) is 5.92 Å². The molecule has 0 amide bonds. The second-order valence-electron chi connectivity index (χ2n) is 5.88. The molecule has 1 aromatic carbocycles. The second kappa shape index (κ2) is 6.51. The van der Waals surface area contributed by atoms with Gasteiger partial charge in [0.05, 0.1) is 12.1 Å². The monoisotopic (exact) mass is 262 g/mol. The molecule has 1 aliphatic carbocycles. The van der Waals surface area contributed by atoms with E-state index in [1.807, 2.05) is 0 Å². The summed E-state index contributed by atoms with van der Waals surface area (Å²) in [6, 6.07) is 7.02. The topological polar surface area (TPSA) is 47.3 Å². The van der Waals surface area contributed by atoms with E-state index in [9.17, 15) is 0 Å². The lowest BCUT2D eigenvalue weighted by atomic mass is 9.93. The predicted molar refractivity (Wildman–Crippen MR) is 78.9 cm³/mol. The Labute approximate surface area is 116 Å². The van der Waals surface area contributed by atoms with E-state index in [2.05, 4.69) is 37.5 Å². The highest BCUT2D eigenvalue weighted by Crippen LogP contribution is 2.24. The predicted octanol–water partition coefficient (Wildman–Crippen LogP) is 2.22. The van der Waals surface area contributed by atoms with Gasteiger partial charge in [0.25, 0.3) is 0 Å². The zero-order chi connectivity index (χ0) is 13.8. The third kappa shape index (κ3) is 3.35. The lowest BCUT2D eigenvalue weighted by Gasteiger charge is -2.28. The zero-order valence-electron chi connectivity index (χ0n) is 12.3. The van der Waals surface area contributed by atoms with Gasteiger partial charge in [0.1, 0.15) is 0 Å². The van der Waals surface area contributed by atoms with Crippen molar-refractivity contribution < 1.29 is 4.74 Å². The van der Waals surface area contributed by atoms with Crippen molar-refractivity contribution in [3.63, 3.8) is 0 Å². The molecule has 0 saturated carbocycles. The first kappa shape index (κ1) is 14.5. The number of nitrogens with two attached hydrogens (primary N) is 1. The van der Waals surface area contributed by atoms with E-state index in [0.717, 1.165) is 6.42 Å². The summed E-state index contributed by atoms with van der Waals surface area (Å²) in [5.74, 6) is 6.16. The van der Waals surface area contributed by atoms with Crippen LogP contribution in [0.25, 0.3) is 0 Å². The van der Waals surface area contributed by atoms with Crippen LogP contribution in [0, 0.1) is 5.92 Å². The van der Waals surface area contributed by atoms with Crippen molar-refractivity contribution in [2.24, 2.45) is 11.8 Å². The van der Waals surface area contributed by atoms with Gasteiger partial charge in [-0.15, -0.1) is 0 Å². The molecule has 106 valence electrons. The van der Waals surface area contributed by atoms with Gasteiger partial charge in [-0.1, -0.05) is 32.0 Å². The van der Waals surface area contributed by atoms with Gasteiger partial charge >= 0.3 is 0 Å². The Morgan fingerprint density at radius 3 is 2.63 bits per heavy atom. The van der Waals surface area contributed by atoms with Gasteiger partial charge in [0.15, 0.2) is 0 Å². The first-order valence-corrected chi connectivity index (χ1v) is 7.25. The van der Waals surface area contributed by atoms with Gasteiger partial charge in [-0.05, 0) is 48.3 Å². The van der Waals surface area contributed by atoms with Crippen LogP contribution in [0.1, 0.15) is 37.0 Å². The number of hydrogen-bond donors (Lipinski definition) is 2. The molecule has 0 radical (unpaired) electrons. The third-order valence-corrected chi connectivity index (χ3v) is 4.16. The molecule has 0 aromatic heterocycles. The quantitative estimate of drug-likeness (QED) is 0.610. The van der Waals surface area contributed by atoms with Gasteiger partial charge < -0.3 is 4.74 Å². The standard InChI is InChI=1S/C16H26N2O/c1-11(2)16(19-3)15(18-17)10-12-7-8-13-5-4-6-14(13)9-12/h7-9,11,15-16,18H,4-6,10,17H2,1-3H3. The number of benzene rings is 1. The maximum Gasteiger partial charge on any atom is 0.0763 e. The number of ether oxygens (including phenoxy) is 1. The average Bonchev–Trinajstić information content (AvgIpc) is 2.85. The minimum Gasteiger partial charge on any atom is -0.380 e. The number of methoxy groups -OCH3 is 1. The Balaban J connectivity index is 2.09. The van der Waals surface area contributed by atoms with E-state index < -0.39 is 0 Å². The molecule has 2 unspecified atom stereocenters. The highest BCUT2D eigenvalue weighted by molar-refractivity contribution is 5.35. The summed E-state index contributed by atoms with van der Waals surface area (Å²) >= 11 is 0. The summed E-state index contributed by atoms with van der Waals surface area (Å²) in [5.41, 5.74) is 7.32. The molecule has 19 heavy (non-hydrogen) atoms. The smallest absolute Gasteiger partial charge is 0.0763 e. The van der Waals surface area contributed by atoms with E-state index >= 15 is 0 Å². The van der Waals surface area contributed by atoms with Gasteiger partial charge in [-0.2, -0.15) is 0 Å². The summed E-state index contributed by atoms with van der Waals surface area (Å²) in [4.78, 5) is 0. The van der Waals surface area contributed by atoms with Gasteiger partial charge in [0.2, 0.25) is 0 Å². The number of hydrazine groups is 1. The Bertz CT molecular complexity index is 417. The molecule has 3 nitrogen and oxygen atoms in total. The molecule has 1 aliphatic rings. The summed E-state index contributed by atoms with van der Waals surface area (Å²) in [5, 5.41) is 0. The second-order valence-corrected chi connectivity index (χ2v) is 5.88. The largest absolute Gasteiger partial charge is 0.380 e. The Hall–Kier alpha value is -0.900. The molecular formula is C16H26N2O. The molecular weight excluding hydrogens is 236 g/mol. The van der Waals surface area contributed by atoms with Crippen LogP contribution in [-0.4, -0.2) is 19.3 Å². The van der Waals surface area contributed by atoms with Crippen molar-refractivity contribution in [3.8, 4) is 0 Å². The maximum absolute atomic E-state index is 5.72. The number of nitrogens with one attached hydrogen (secondary N) is 1. The van der Waals surface area contributed by atoms with Crippen molar-refractivity contribution in [1.82, 2.24) is 5.43 Å². The van der Waals surface area contributed by atoms with Crippen molar-refractivity contribution in [3.05, 3.63) is 34.9 Å². The average molecular weight is 262 g/mol. The Morgan fingerprint density at radius 2 is 2.00 bits per heavy atom. The van der Waals surface area contributed by atoms with Crippen LogP contribution in [0.5, 0.6) is 0 Å². The van der Waals surface area contributed by atoms with Gasteiger partial charge in [0, 0.05) is 7.11 Å². The molecule has 0 saturated heterocycles. The fraction of sp³-hybridized carbons (Fsp3) is 0.625. The molecule has 3 heteroatoms. The maximum atomic E-state index is 5.72. The molecule has 0 heterocycles.